The van der Waals surface area contributed by atoms with Crippen molar-refractivity contribution in [2.24, 2.45) is 7.05 Å². The zero-order valence-electron chi connectivity index (χ0n) is 10.6. The summed E-state index contributed by atoms with van der Waals surface area (Å²) < 4.78 is 1.74. The molecule has 1 heterocycles. The maximum absolute atomic E-state index is 11.2. The van der Waals surface area contributed by atoms with E-state index < -0.39 is 5.97 Å². The molecule has 0 radical (unpaired) electrons. The molecule has 2 aromatic rings. The SMILES string of the molecule is CCCc1nn(C)cc1-c1ccccc1C(=O)O. The van der Waals surface area contributed by atoms with Crippen LogP contribution in [0, 0.1) is 0 Å². The molecular weight excluding hydrogens is 228 g/mol. The molecule has 0 bridgehead atoms. The van der Waals surface area contributed by atoms with E-state index >= 15 is 0 Å². The smallest absolute Gasteiger partial charge is 0.336 e. The first-order valence-electron chi connectivity index (χ1n) is 5.98. The van der Waals surface area contributed by atoms with Gasteiger partial charge in [0.15, 0.2) is 0 Å². The van der Waals surface area contributed by atoms with Gasteiger partial charge in [-0.2, -0.15) is 5.10 Å². The molecule has 4 nitrogen and oxygen atoms in total. The van der Waals surface area contributed by atoms with E-state index in [0.717, 1.165) is 29.7 Å². The van der Waals surface area contributed by atoms with E-state index in [0.29, 0.717) is 5.56 Å². The Kier molecular flexibility index (Phi) is 3.46. The molecule has 0 unspecified atom stereocenters. The third-order valence-electron chi connectivity index (χ3n) is 2.84. The second-order valence-corrected chi connectivity index (χ2v) is 4.26. The van der Waals surface area contributed by atoms with Gasteiger partial charge in [0, 0.05) is 18.8 Å². The van der Waals surface area contributed by atoms with Gasteiger partial charge < -0.3 is 5.11 Å². The average molecular weight is 244 g/mol. The molecule has 1 aromatic carbocycles. The molecule has 2 rings (SSSR count). The zero-order chi connectivity index (χ0) is 13.1. The topological polar surface area (TPSA) is 55.1 Å². The van der Waals surface area contributed by atoms with Crippen molar-refractivity contribution in [2.75, 3.05) is 0 Å². The molecule has 1 N–H and O–H groups in total. The lowest BCUT2D eigenvalue weighted by molar-refractivity contribution is 0.0697. The molecule has 0 amide bonds. The van der Waals surface area contributed by atoms with Crippen LogP contribution in [0.4, 0.5) is 0 Å². The maximum Gasteiger partial charge on any atom is 0.336 e. The first kappa shape index (κ1) is 12.4. The number of hydrogen-bond acceptors (Lipinski definition) is 2. The van der Waals surface area contributed by atoms with E-state index in [-0.39, 0.29) is 0 Å². The molecule has 18 heavy (non-hydrogen) atoms. The monoisotopic (exact) mass is 244 g/mol. The van der Waals surface area contributed by atoms with Crippen LogP contribution in [-0.4, -0.2) is 20.9 Å². The van der Waals surface area contributed by atoms with Crippen LogP contribution in [0.15, 0.2) is 30.5 Å². The Morgan fingerprint density at radius 1 is 1.33 bits per heavy atom. The minimum Gasteiger partial charge on any atom is -0.478 e. The van der Waals surface area contributed by atoms with E-state index in [4.69, 9.17) is 0 Å². The van der Waals surface area contributed by atoms with E-state index in [1.165, 1.54) is 0 Å². The predicted molar refractivity (Wildman–Crippen MR) is 69.6 cm³/mol. The van der Waals surface area contributed by atoms with E-state index in [1.54, 1.807) is 16.8 Å². The van der Waals surface area contributed by atoms with Gasteiger partial charge in [-0.05, 0) is 18.1 Å². The van der Waals surface area contributed by atoms with Crippen LogP contribution in [0.2, 0.25) is 0 Å². The molecule has 0 spiro atoms. The minimum absolute atomic E-state index is 0.322. The number of carboxylic acids is 1. The Balaban J connectivity index is 2.58. The highest BCUT2D eigenvalue weighted by Gasteiger charge is 2.15. The van der Waals surface area contributed by atoms with Crippen LogP contribution < -0.4 is 0 Å². The van der Waals surface area contributed by atoms with Crippen LogP contribution in [0.25, 0.3) is 11.1 Å². The maximum atomic E-state index is 11.2. The highest BCUT2D eigenvalue weighted by molar-refractivity contribution is 5.96. The lowest BCUT2D eigenvalue weighted by Gasteiger charge is -2.05. The van der Waals surface area contributed by atoms with Gasteiger partial charge in [0.1, 0.15) is 0 Å². The van der Waals surface area contributed by atoms with Gasteiger partial charge in [0.05, 0.1) is 11.3 Å². The van der Waals surface area contributed by atoms with Gasteiger partial charge in [-0.3, -0.25) is 4.68 Å². The second-order valence-electron chi connectivity index (χ2n) is 4.26. The summed E-state index contributed by atoms with van der Waals surface area (Å²) in [6, 6.07) is 7.05. The van der Waals surface area contributed by atoms with E-state index in [1.807, 2.05) is 25.4 Å². The van der Waals surface area contributed by atoms with Crippen LogP contribution in [0.5, 0.6) is 0 Å². The van der Waals surface area contributed by atoms with Gasteiger partial charge in [-0.1, -0.05) is 31.5 Å². The van der Waals surface area contributed by atoms with E-state index in [9.17, 15) is 9.90 Å². The number of rotatable bonds is 4. The van der Waals surface area contributed by atoms with Crippen LogP contribution in [0.3, 0.4) is 0 Å². The fraction of sp³-hybridized carbons (Fsp3) is 0.286. The van der Waals surface area contributed by atoms with Crippen molar-refractivity contribution in [3.8, 4) is 11.1 Å². The molecule has 0 fully saturated rings. The average Bonchev–Trinajstić information content (AvgIpc) is 2.71. The molecule has 0 aliphatic heterocycles. The highest BCUT2D eigenvalue weighted by Crippen LogP contribution is 2.27. The number of nitrogens with zero attached hydrogens (tertiary/aromatic N) is 2. The lowest BCUT2D eigenvalue weighted by atomic mass is 9.99. The molecule has 94 valence electrons. The zero-order valence-corrected chi connectivity index (χ0v) is 10.6. The first-order chi connectivity index (χ1) is 8.63. The van der Waals surface area contributed by atoms with Crippen molar-refractivity contribution in [3.05, 3.63) is 41.7 Å². The third-order valence-corrected chi connectivity index (χ3v) is 2.84. The molecule has 4 heteroatoms. The van der Waals surface area contributed by atoms with E-state index in [2.05, 4.69) is 12.0 Å². The predicted octanol–water partition coefficient (Wildman–Crippen LogP) is 2.74. The fourth-order valence-corrected chi connectivity index (χ4v) is 2.09. The van der Waals surface area contributed by atoms with Gasteiger partial charge in [-0.25, -0.2) is 4.79 Å². The molecular formula is C14H16N2O2. The van der Waals surface area contributed by atoms with Gasteiger partial charge >= 0.3 is 5.97 Å². The number of benzene rings is 1. The number of aromatic carboxylic acids is 1. The molecule has 0 saturated heterocycles. The normalized spacial score (nSPS) is 10.6. The summed E-state index contributed by atoms with van der Waals surface area (Å²) in [4.78, 5) is 11.2. The standard InChI is InChI=1S/C14H16N2O2/c1-3-6-13-12(9-16(2)15-13)10-7-4-5-8-11(10)14(17)18/h4-5,7-9H,3,6H2,1-2H3,(H,17,18). The van der Waals surface area contributed by atoms with Crippen molar-refractivity contribution in [3.63, 3.8) is 0 Å². The second kappa shape index (κ2) is 5.04. The summed E-state index contributed by atoms with van der Waals surface area (Å²) in [6.07, 6.45) is 3.72. The lowest BCUT2D eigenvalue weighted by Crippen LogP contribution is -1.99. The summed E-state index contributed by atoms with van der Waals surface area (Å²) in [7, 11) is 1.85. The Hall–Kier alpha value is -2.10. The van der Waals surface area contributed by atoms with Crippen LogP contribution in [-0.2, 0) is 13.5 Å². The Bertz CT molecular complexity index is 573. The summed E-state index contributed by atoms with van der Waals surface area (Å²) in [6.45, 7) is 2.08. The fourth-order valence-electron chi connectivity index (χ4n) is 2.09. The third kappa shape index (κ3) is 2.27. The summed E-state index contributed by atoms with van der Waals surface area (Å²) in [5, 5.41) is 13.6. The van der Waals surface area contributed by atoms with Crippen LogP contribution >= 0.6 is 0 Å². The highest BCUT2D eigenvalue weighted by atomic mass is 16.4. The molecule has 0 atom stereocenters. The van der Waals surface area contributed by atoms with Crippen molar-refractivity contribution in [1.82, 2.24) is 9.78 Å². The molecule has 0 saturated carbocycles. The summed E-state index contributed by atoms with van der Waals surface area (Å²) in [5.41, 5.74) is 2.93. The quantitative estimate of drug-likeness (QED) is 0.899. The van der Waals surface area contributed by atoms with Crippen molar-refractivity contribution >= 4 is 5.97 Å². The first-order valence-corrected chi connectivity index (χ1v) is 5.98. The summed E-state index contributed by atoms with van der Waals surface area (Å²) in [5.74, 6) is -0.906. The van der Waals surface area contributed by atoms with Gasteiger partial charge in [0.25, 0.3) is 0 Å². The number of hydrogen-bond donors (Lipinski definition) is 1. The van der Waals surface area contributed by atoms with Gasteiger partial charge in [-0.15, -0.1) is 0 Å². The number of carboxylic acid groups (broad SMARTS) is 1. The van der Waals surface area contributed by atoms with Crippen molar-refractivity contribution in [2.45, 2.75) is 19.8 Å². The molecule has 0 aliphatic carbocycles. The largest absolute Gasteiger partial charge is 0.478 e. The minimum atomic E-state index is -0.906. The molecule has 1 aromatic heterocycles. The summed E-state index contributed by atoms with van der Waals surface area (Å²) >= 11 is 0. The Morgan fingerprint density at radius 3 is 2.72 bits per heavy atom. The van der Waals surface area contributed by atoms with Gasteiger partial charge in [0.2, 0.25) is 0 Å². The van der Waals surface area contributed by atoms with Crippen molar-refractivity contribution < 1.29 is 9.90 Å². The number of aromatic nitrogens is 2. The Labute approximate surface area is 106 Å². The number of carbonyl (C=O) groups is 1. The van der Waals surface area contributed by atoms with Crippen LogP contribution in [0.1, 0.15) is 29.4 Å². The molecule has 0 aliphatic rings. The number of aryl methyl sites for hydroxylation is 2. The Morgan fingerprint density at radius 2 is 2.06 bits per heavy atom. The van der Waals surface area contributed by atoms with Crippen molar-refractivity contribution in [1.29, 1.82) is 0 Å².